The maximum atomic E-state index is 5.82. The van der Waals surface area contributed by atoms with E-state index in [1.165, 1.54) is 0 Å². The van der Waals surface area contributed by atoms with E-state index in [-0.39, 0.29) is 0 Å². The van der Waals surface area contributed by atoms with Crippen molar-refractivity contribution in [2.45, 2.75) is 20.5 Å². The highest BCUT2D eigenvalue weighted by Crippen LogP contribution is 2.24. The Morgan fingerprint density at radius 2 is 1.83 bits per heavy atom. The van der Waals surface area contributed by atoms with Crippen molar-refractivity contribution in [1.29, 1.82) is 0 Å². The molecule has 1 heterocycles. The first-order valence-corrected chi connectivity index (χ1v) is 5.80. The first-order chi connectivity index (χ1) is 8.61. The molecule has 0 saturated carbocycles. The molecule has 0 unspecified atom stereocenters. The van der Waals surface area contributed by atoms with Crippen LogP contribution in [0.4, 0.5) is 5.82 Å². The average Bonchev–Trinajstić information content (AvgIpc) is 2.28. The molecule has 1 aromatic carbocycles. The number of aryl methyl sites for hydroxylation is 2. The lowest BCUT2D eigenvalue weighted by molar-refractivity contribution is 0.181. The quantitative estimate of drug-likeness (QED) is 0.899. The van der Waals surface area contributed by atoms with E-state index in [1.807, 2.05) is 32.0 Å². The predicted octanol–water partition coefficient (Wildman–Crippen LogP) is 2.49. The smallest absolute Gasteiger partial charge is 0.162 e. The third-order valence-electron chi connectivity index (χ3n) is 2.80. The number of hydrogen-bond acceptors (Lipinski definition) is 4. The number of rotatable bonds is 3. The van der Waals surface area contributed by atoms with E-state index >= 15 is 0 Å². The van der Waals surface area contributed by atoms with Gasteiger partial charge in [0.1, 0.15) is 5.82 Å². The Bertz CT molecular complexity index is 547. The molecular weight excluding hydrogens is 226 g/mol. The van der Waals surface area contributed by atoms with Crippen molar-refractivity contribution in [2.24, 2.45) is 0 Å². The van der Waals surface area contributed by atoms with Crippen LogP contribution in [0.15, 0.2) is 24.3 Å². The zero-order valence-electron chi connectivity index (χ0n) is 10.9. The van der Waals surface area contributed by atoms with Gasteiger partial charge < -0.3 is 10.5 Å². The van der Waals surface area contributed by atoms with Gasteiger partial charge in [-0.2, -0.15) is 0 Å². The van der Waals surface area contributed by atoms with Gasteiger partial charge in [-0.15, -0.1) is 0 Å². The third-order valence-corrected chi connectivity index (χ3v) is 2.80. The first kappa shape index (κ1) is 12.5. The maximum absolute atomic E-state index is 5.82. The highest BCUT2D eigenvalue weighted by Gasteiger charge is 2.10. The number of nitrogens with two attached hydrogens (primary N) is 1. The number of nitrogen functional groups attached to an aromatic ring is 1. The molecule has 18 heavy (non-hydrogen) atoms. The lowest BCUT2D eigenvalue weighted by Gasteiger charge is -2.10. The van der Waals surface area contributed by atoms with Gasteiger partial charge in [-0.3, -0.25) is 0 Å². The van der Waals surface area contributed by atoms with Crippen molar-refractivity contribution >= 4 is 5.82 Å². The molecule has 4 nitrogen and oxygen atoms in total. The van der Waals surface area contributed by atoms with Crippen LogP contribution in [0.2, 0.25) is 0 Å². The summed E-state index contributed by atoms with van der Waals surface area (Å²) in [5.74, 6) is 1.13. The molecule has 0 aliphatic rings. The average molecular weight is 243 g/mol. The minimum Gasteiger partial charge on any atom is -0.384 e. The van der Waals surface area contributed by atoms with E-state index < -0.39 is 0 Å². The molecule has 4 heteroatoms. The molecule has 2 aromatic rings. The Morgan fingerprint density at radius 3 is 2.44 bits per heavy atom. The normalized spacial score (nSPS) is 10.6. The fraction of sp³-hybridized carbons (Fsp3) is 0.286. The lowest BCUT2D eigenvalue weighted by Crippen LogP contribution is -2.03. The van der Waals surface area contributed by atoms with Gasteiger partial charge in [-0.05, 0) is 25.0 Å². The Hall–Kier alpha value is -1.94. The van der Waals surface area contributed by atoms with Crippen LogP contribution in [0.5, 0.6) is 0 Å². The summed E-state index contributed by atoms with van der Waals surface area (Å²) < 4.78 is 5.09. The Labute approximate surface area is 107 Å². The number of benzene rings is 1. The van der Waals surface area contributed by atoms with E-state index in [2.05, 4.69) is 9.97 Å². The predicted molar refractivity (Wildman–Crippen MR) is 72.1 cm³/mol. The standard InChI is InChI=1S/C14H17N3O/c1-9-5-4-6-10(2)13(9)14-16-11(8-18-3)7-12(15)17-14/h4-7H,8H2,1-3H3,(H2,15,16,17). The number of ether oxygens (including phenoxy) is 1. The largest absolute Gasteiger partial charge is 0.384 e. The second-order valence-electron chi connectivity index (χ2n) is 4.31. The number of hydrogen-bond donors (Lipinski definition) is 1. The molecule has 0 fully saturated rings. The topological polar surface area (TPSA) is 61.0 Å². The van der Waals surface area contributed by atoms with Crippen LogP contribution in [0.3, 0.4) is 0 Å². The van der Waals surface area contributed by atoms with Gasteiger partial charge in [0.05, 0.1) is 12.3 Å². The second kappa shape index (κ2) is 5.14. The lowest BCUT2D eigenvalue weighted by atomic mass is 10.0. The van der Waals surface area contributed by atoms with E-state index in [9.17, 15) is 0 Å². The summed E-state index contributed by atoms with van der Waals surface area (Å²) in [5.41, 5.74) is 9.94. The number of anilines is 1. The zero-order chi connectivity index (χ0) is 13.1. The third kappa shape index (κ3) is 2.49. The van der Waals surface area contributed by atoms with Crippen molar-refractivity contribution in [3.8, 4) is 11.4 Å². The highest BCUT2D eigenvalue weighted by molar-refractivity contribution is 5.65. The second-order valence-corrected chi connectivity index (χ2v) is 4.31. The van der Waals surface area contributed by atoms with Gasteiger partial charge in [-0.25, -0.2) is 9.97 Å². The highest BCUT2D eigenvalue weighted by atomic mass is 16.5. The molecule has 2 N–H and O–H groups in total. The van der Waals surface area contributed by atoms with Crippen molar-refractivity contribution in [3.63, 3.8) is 0 Å². The van der Waals surface area contributed by atoms with Crippen molar-refractivity contribution in [1.82, 2.24) is 9.97 Å². The fourth-order valence-corrected chi connectivity index (χ4v) is 2.02. The van der Waals surface area contributed by atoms with Crippen molar-refractivity contribution in [3.05, 3.63) is 41.1 Å². The van der Waals surface area contributed by atoms with Crippen molar-refractivity contribution in [2.75, 3.05) is 12.8 Å². The summed E-state index contributed by atoms with van der Waals surface area (Å²) in [6.45, 7) is 4.53. The van der Waals surface area contributed by atoms with E-state index in [1.54, 1.807) is 13.2 Å². The Balaban J connectivity index is 2.56. The Morgan fingerprint density at radius 1 is 1.17 bits per heavy atom. The van der Waals surface area contributed by atoms with Gasteiger partial charge in [0, 0.05) is 18.7 Å². The van der Waals surface area contributed by atoms with Gasteiger partial charge in [0.2, 0.25) is 0 Å². The number of nitrogens with zero attached hydrogens (tertiary/aromatic N) is 2. The van der Waals surface area contributed by atoms with Crippen LogP contribution >= 0.6 is 0 Å². The van der Waals surface area contributed by atoms with E-state index in [4.69, 9.17) is 10.5 Å². The first-order valence-electron chi connectivity index (χ1n) is 5.80. The molecule has 0 aliphatic carbocycles. The summed E-state index contributed by atoms with van der Waals surface area (Å²) in [5, 5.41) is 0. The SMILES string of the molecule is COCc1cc(N)nc(-c2c(C)cccc2C)n1. The minimum absolute atomic E-state index is 0.435. The number of methoxy groups -OCH3 is 1. The van der Waals surface area contributed by atoms with Gasteiger partial charge in [0.25, 0.3) is 0 Å². The Kier molecular flexibility index (Phi) is 3.58. The van der Waals surface area contributed by atoms with Crippen LogP contribution in [0, 0.1) is 13.8 Å². The molecule has 1 aromatic heterocycles. The molecule has 2 rings (SSSR count). The maximum Gasteiger partial charge on any atom is 0.162 e. The molecule has 0 bridgehead atoms. The molecule has 0 spiro atoms. The summed E-state index contributed by atoms with van der Waals surface area (Å²) in [7, 11) is 1.64. The monoisotopic (exact) mass is 243 g/mol. The molecule has 94 valence electrons. The van der Waals surface area contributed by atoms with Crippen molar-refractivity contribution < 1.29 is 4.74 Å². The number of aromatic nitrogens is 2. The van der Waals surface area contributed by atoms with Gasteiger partial charge in [0.15, 0.2) is 5.82 Å². The summed E-state index contributed by atoms with van der Waals surface area (Å²) >= 11 is 0. The molecule has 0 saturated heterocycles. The van der Waals surface area contributed by atoms with Crippen LogP contribution in [0.1, 0.15) is 16.8 Å². The zero-order valence-corrected chi connectivity index (χ0v) is 10.9. The van der Waals surface area contributed by atoms with Gasteiger partial charge >= 0.3 is 0 Å². The summed E-state index contributed by atoms with van der Waals surface area (Å²) in [6.07, 6.45) is 0. The van der Waals surface area contributed by atoms with E-state index in [0.29, 0.717) is 18.2 Å². The summed E-state index contributed by atoms with van der Waals surface area (Å²) in [4.78, 5) is 8.82. The van der Waals surface area contributed by atoms with Crippen LogP contribution in [-0.2, 0) is 11.3 Å². The molecule has 0 aliphatic heterocycles. The van der Waals surface area contributed by atoms with Gasteiger partial charge in [-0.1, -0.05) is 18.2 Å². The fourth-order valence-electron chi connectivity index (χ4n) is 2.02. The van der Waals surface area contributed by atoms with Crippen LogP contribution in [-0.4, -0.2) is 17.1 Å². The van der Waals surface area contributed by atoms with E-state index in [0.717, 1.165) is 22.4 Å². The summed E-state index contributed by atoms with van der Waals surface area (Å²) in [6, 6.07) is 7.85. The molecule has 0 atom stereocenters. The molecular formula is C14H17N3O. The minimum atomic E-state index is 0.435. The molecule has 0 radical (unpaired) electrons. The van der Waals surface area contributed by atoms with Crippen LogP contribution < -0.4 is 5.73 Å². The molecule has 0 amide bonds. The van der Waals surface area contributed by atoms with Crippen LogP contribution in [0.25, 0.3) is 11.4 Å².